The zero-order valence-electron chi connectivity index (χ0n) is 64.3. The van der Waals surface area contributed by atoms with Gasteiger partial charge in [0.25, 0.3) is 0 Å². The van der Waals surface area contributed by atoms with Crippen LogP contribution in [-0.2, 0) is 19.6 Å². The van der Waals surface area contributed by atoms with Crippen molar-refractivity contribution >= 4 is 0 Å². The summed E-state index contributed by atoms with van der Waals surface area (Å²) in [6, 6.07) is 56.2. The normalized spacial score (nSPS) is 10.6. The Kier molecular flexibility index (Phi) is 45.3. The van der Waals surface area contributed by atoms with Crippen LogP contribution < -0.4 is 23.7 Å². The SMILES string of the molecule is CC(C)C.CC(C)C#CO.CCC.CCC.CCC.COC(C)(C)COc1ccc(-c2ccc(O)c(C)c2)cc1C.COC(C)(C)COc1ccc(-c2ccc(O)cc2)cc1.COC(C)COc1ccc(C(C)(C)c2ccc(O)cc2)cc1.COc1ccc(Oc2ccc(O)cc2)cc1. The number of aliphatic hydroxyl groups excluding tert-OH is 1. The Labute approximate surface area is 597 Å². The van der Waals surface area contributed by atoms with Gasteiger partial charge in [-0.2, -0.15) is 0 Å². The van der Waals surface area contributed by atoms with Crippen LogP contribution in [0.15, 0.2) is 182 Å². The average Bonchev–Trinajstić information content (AvgIpc) is 0.804. The van der Waals surface area contributed by atoms with Gasteiger partial charge in [0.15, 0.2) is 0 Å². The molecule has 1 atom stereocenters. The van der Waals surface area contributed by atoms with Gasteiger partial charge in [0.2, 0.25) is 0 Å². The molecular formula is C86H122O13. The summed E-state index contributed by atoms with van der Waals surface area (Å²) in [7, 11) is 6.66. The third-order valence-electron chi connectivity index (χ3n) is 13.6. The van der Waals surface area contributed by atoms with E-state index >= 15 is 0 Å². The van der Waals surface area contributed by atoms with Crippen molar-refractivity contribution in [1.29, 1.82) is 0 Å². The molecule has 13 nitrogen and oxygen atoms in total. The second-order valence-electron chi connectivity index (χ2n) is 26.1. The number of hydrogen-bond acceptors (Lipinski definition) is 13. The third kappa shape index (κ3) is 39.4. The van der Waals surface area contributed by atoms with E-state index in [1.807, 2.05) is 178 Å². The highest BCUT2D eigenvalue weighted by atomic mass is 16.5. The Hall–Kier alpha value is -8.80. The van der Waals surface area contributed by atoms with E-state index in [2.05, 4.69) is 100 Å². The van der Waals surface area contributed by atoms with Crippen LogP contribution in [-0.4, -0.2) is 91.1 Å². The van der Waals surface area contributed by atoms with Crippen molar-refractivity contribution in [2.75, 3.05) is 48.3 Å². The van der Waals surface area contributed by atoms with E-state index < -0.39 is 0 Å². The first-order chi connectivity index (χ1) is 46.8. The maximum absolute atomic E-state index is 9.63. The van der Waals surface area contributed by atoms with E-state index in [0.717, 1.165) is 73.6 Å². The van der Waals surface area contributed by atoms with Gasteiger partial charge in [-0.3, -0.25) is 0 Å². The standard InChI is InChI=1S/2C19H24O3.C17H20O3.C13H12O3.C5H8O.C4H10.3C3H8/c1-14(21-4)13-22-18-11-7-16(8-12-18)19(2,3)15-5-9-17(20)10-6-15;1-13-10-15(6-8-17(13)20)16-7-9-18(14(2)11-16)22-12-19(3,4)21-5;1-17(2,19-3)12-20-16-10-6-14(7-11-16)13-4-8-15(18)9-5-13;1-15-11-6-8-13(9-7-11)16-12-4-2-10(14)3-5-12;1-5(2)3-4-6;1-4(2)3;3*1-3-2/h5-12,14,20H,13H2,1-4H3;6-11,20H,12H2,1-5H3;4-11,18H,12H2,1-3H3;2-9,14H,1H3;5-6H,1-2H3;4H,1-3H3;3*3H2,1-2H3. The average molecular weight is 1360 g/mol. The zero-order valence-corrected chi connectivity index (χ0v) is 64.3. The molecule has 544 valence electrons. The number of aryl methyl sites for hydroxylation is 2. The van der Waals surface area contributed by atoms with Gasteiger partial charge in [-0.05, 0) is 220 Å². The molecule has 5 N–H and O–H groups in total. The molecule has 0 fully saturated rings. The van der Waals surface area contributed by atoms with E-state index in [1.54, 1.807) is 83.0 Å². The summed E-state index contributed by atoms with van der Waals surface area (Å²) in [5.41, 5.74) is 7.92. The molecule has 0 aromatic heterocycles. The topological polar surface area (TPSA) is 175 Å². The second-order valence-corrected chi connectivity index (χ2v) is 26.1. The molecule has 0 heterocycles. The van der Waals surface area contributed by atoms with Crippen molar-refractivity contribution in [3.63, 3.8) is 0 Å². The first-order valence-corrected chi connectivity index (χ1v) is 34.3. The molecule has 0 aliphatic heterocycles. The number of ether oxygens (including phenoxy) is 8. The largest absolute Gasteiger partial charge is 0.508 e. The molecule has 0 aliphatic rings. The maximum atomic E-state index is 9.63. The summed E-state index contributed by atoms with van der Waals surface area (Å²) in [5, 5.41) is 45.3. The predicted octanol–water partition coefficient (Wildman–Crippen LogP) is 22.6. The number of methoxy groups -OCH3 is 4. The Morgan fingerprint density at radius 3 is 1.12 bits per heavy atom. The highest BCUT2D eigenvalue weighted by Gasteiger charge is 2.23. The molecule has 0 saturated heterocycles. The predicted molar refractivity (Wildman–Crippen MR) is 413 cm³/mol. The molecule has 13 heteroatoms. The van der Waals surface area contributed by atoms with Crippen LogP contribution in [0.25, 0.3) is 22.3 Å². The minimum absolute atomic E-state index is 0.0770. The van der Waals surface area contributed by atoms with Gasteiger partial charge in [0.05, 0.1) is 24.4 Å². The number of phenols is 4. The number of phenolic OH excluding ortho intramolecular Hbond substituents is 4. The molecule has 0 spiro atoms. The van der Waals surface area contributed by atoms with Crippen molar-refractivity contribution in [1.82, 2.24) is 0 Å². The molecule has 0 amide bonds. The van der Waals surface area contributed by atoms with Crippen LogP contribution in [0.4, 0.5) is 0 Å². The van der Waals surface area contributed by atoms with Crippen molar-refractivity contribution < 1.29 is 63.4 Å². The summed E-state index contributed by atoms with van der Waals surface area (Å²) in [5.74, 6) is 9.47. The summed E-state index contributed by atoms with van der Waals surface area (Å²) < 4.78 is 43.7. The fraction of sp³-hybridized carbons (Fsp3) is 0.419. The fourth-order valence-electron chi connectivity index (χ4n) is 7.57. The van der Waals surface area contributed by atoms with Crippen molar-refractivity contribution in [3.05, 3.63) is 204 Å². The molecule has 0 saturated carbocycles. The van der Waals surface area contributed by atoms with E-state index in [0.29, 0.717) is 31.3 Å². The first-order valence-electron chi connectivity index (χ1n) is 34.3. The second kappa shape index (κ2) is 49.7. The quantitative estimate of drug-likeness (QED) is 0.0484. The van der Waals surface area contributed by atoms with Crippen LogP contribution in [0, 0.1) is 37.7 Å². The Bertz CT molecular complexity index is 3390. The Balaban J connectivity index is 0.00000119. The van der Waals surface area contributed by atoms with Crippen LogP contribution in [0.5, 0.6) is 57.5 Å². The lowest BCUT2D eigenvalue weighted by Gasteiger charge is -2.26. The molecule has 1 unspecified atom stereocenters. The van der Waals surface area contributed by atoms with Gasteiger partial charge < -0.3 is 63.4 Å². The smallest absolute Gasteiger partial charge is 0.127 e. The highest BCUT2D eigenvalue weighted by Crippen LogP contribution is 2.34. The minimum Gasteiger partial charge on any atom is -0.508 e. The maximum Gasteiger partial charge on any atom is 0.127 e. The molecule has 0 radical (unpaired) electrons. The highest BCUT2D eigenvalue weighted by molar-refractivity contribution is 5.68. The Morgan fingerprint density at radius 2 is 0.737 bits per heavy atom. The minimum atomic E-state index is -0.306. The van der Waals surface area contributed by atoms with Gasteiger partial charge in [-0.15, -0.1) is 0 Å². The lowest BCUT2D eigenvalue weighted by molar-refractivity contribution is -0.0148. The first kappa shape index (κ1) is 90.2. The van der Waals surface area contributed by atoms with E-state index in [-0.39, 0.29) is 45.9 Å². The lowest BCUT2D eigenvalue weighted by Crippen LogP contribution is -2.30. The molecule has 0 aliphatic carbocycles. The van der Waals surface area contributed by atoms with Gasteiger partial charge in [0.1, 0.15) is 83.4 Å². The molecule has 0 bridgehead atoms. The van der Waals surface area contributed by atoms with Gasteiger partial charge in [-0.25, -0.2) is 0 Å². The molecular weight excluding hydrogens is 1240 g/mol. The lowest BCUT2D eigenvalue weighted by atomic mass is 9.78. The summed E-state index contributed by atoms with van der Waals surface area (Å²) in [4.78, 5) is 0. The van der Waals surface area contributed by atoms with E-state index in [1.165, 1.54) is 24.8 Å². The van der Waals surface area contributed by atoms with Gasteiger partial charge >= 0.3 is 0 Å². The van der Waals surface area contributed by atoms with E-state index in [4.69, 9.17) is 48.1 Å². The zero-order chi connectivity index (χ0) is 75.2. The Morgan fingerprint density at radius 1 is 0.404 bits per heavy atom. The van der Waals surface area contributed by atoms with Gasteiger partial charge in [0, 0.05) is 32.7 Å². The van der Waals surface area contributed by atoms with Crippen LogP contribution >= 0.6 is 0 Å². The summed E-state index contributed by atoms with van der Waals surface area (Å²) in [6.07, 6.45) is 5.64. The van der Waals surface area contributed by atoms with Crippen LogP contribution in [0.3, 0.4) is 0 Å². The number of aliphatic hydroxyl groups is 1. The van der Waals surface area contributed by atoms with Crippen molar-refractivity contribution in [2.45, 2.75) is 180 Å². The molecule has 99 heavy (non-hydrogen) atoms. The molecule has 8 aromatic carbocycles. The number of hydrogen-bond donors (Lipinski definition) is 5. The number of benzene rings is 8. The summed E-state index contributed by atoms with van der Waals surface area (Å²) >= 11 is 0. The van der Waals surface area contributed by atoms with Gasteiger partial charge in [-0.1, -0.05) is 176 Å². The molecule has 8 aromatic rings. The van der Waals surface area contributed by atoms with Crippen LogP contribution in [0.2, 0.25) is 0 Å². The summed E-state index contributed by atoms with van der Waals surface area (Å²) in [6.45, 7) is 42.8. The number of rotatable bonds is 19. The number of aromatic hydroxyl groups is 4. The van der Waals surface area contributed by atoms with Crippen molar-refractivity contribution in [3.8, 4) is 91.8 Å². The van der Waals surface area contributed by atoms with Crippen LogP contribution in [0.1, 0.15) is 166 Å². The third-order valence-corrected chi connectivity index (χ3v) is 13.6. The monoisotopic (exact) mass is 1360 g/mol. The van der Waals surface area contributed by atoms with E-state index in [9.17, 15) is 15.3 Å². The fourth-order valence-corrected chi connectivity index (χ4v) is 7.57. The molecule has 8 rings (SSSR count). The van der Waals surface area contributed by atoms with Crippen molar-refractivity contribution in [2.24, 2.45) is 11.8 Å².